The fourth-order valence-corrected chi connectivity index (χ4v) is 3.29. The molecule has 1 aromatic rings. The van der Waals surface area contributed by atoms with Gasteiger partial charge in [-0.2, -0.15) is 0 Å². The number of anilines is 1. The van der Waals surface area contributed by atoms with Crippen LogP contribution >= 0.6 is 0 Å². The summed E-state index contributed by atoms with van der Waals surface area (Å²) >= 11 is 0. The standard InChI is InChI=1S/C21H32N4O3/c1-4-13-28-19-14-15(2)5-8-18(19)23-21(27)25-11-9-24(10-12-25)16(3)20(26)22-17-6-7-17/h5,8,14,16-17H,4,6-7,9-13H2,1-3H3,(H,22,26)(H,23,27). The summed E-state index contributed by atoms with van der Waals surface area (Å²) in [6, 6.07) is 5.90. The predicted octanol–water partition coefficient (Wildman–Crippen LogP) is 2.60. The number of piperazine rings is 1. The fraction of sp³-hybridized carbons (Fsp3) is 0.619. The van der Waals surface area contributed by atoms with E-state index in [0.29, 0.717) is 50.3 Å². The minimum absolute atomic E-state index is 0.0952. The number of nitrogens with zero attached hydrogens (tertiary/aromatic N) is 2. The van der Waals surface area contributed by atoms with Crippen LogP contribution in [-0.2, 0) is 4.79 Å². The Morgan fingerprint density at radius 1 is 1.21 bits per heavy atom. The molecule has 0 bridgehead atoms. The van der Waals surface area contributed by atoms with Crippen LogP contribution in [0.5, 0.6) is 5.75 Å². The van der Waals surface area contributed by atoms with E-state index in [1.54, 1.807) is 4.90 Å². The number of urea groups is 1. The van der Waals surface area contributed by atoms with Crippen molar-refractivity contribution in [2.24, 2.45) is 0 Å². The molecule has 2 fully saturated rings. The first kappa shape index (κ1) is 20.5. The number of ether oxygens (including phenoxy) is 1. The molecule has 0 aromatic heterocycles. The predicted molar refractivity (Wildman–Crippen MR) is 110 cm³/mol. The van der Waals surface area contributed by atoms with Crippen molar-refractivity contribution in [2.45, 2.75) is 52.1 Å². The van der Waals surface area contributed by atoms with Crippen molar-refractivity contribution in [3.05, 3.63) is 23.8 Å². The topological polar surface area (TPSA) is 73.9 Å². The molecule has 2 aliphatic rings. The number of aryl methyl sites for hydroxylation is 1. The van der Waals surface area contributed by atoms with Gasteiger partial charge in [0.25, 0.3) is 0 Å². The number of amides is 3. The summed E-state index contributed by atoms with van der Waals surface area (Å²) in [4.78, 5) is 28.9. The normalized spacial score (nSPS) is 18.5. The molecule has 1 heterocycles. The van der Waals surface area contributed by atoms with Gasteiger partial charge in [0.15, 0.2) is 0 Å². The molecule has 1 aromatic carbocycles. The van der Waals surface area contributed by atoms with Crippen molar-refractivity contribution >= 4 is 17.6 Å². The molecule has 7 heteroatoms. The molecule has 154 valence electrons. The Kier molecular flexibility index (Phi) is 6.78. The van der Waals surface area contributed by atoms with Crippen molar-refractivity contribution in [1.29, 1.82) is 0 Å². The van der Waals surface area contributed by atoms with Gasteiger partial charge in [0, 0.05) is 32.2 Å². The van der Waals surface area contributed by atoms with E-state index < -0.39 is 0 Å². The lowest BCUT2D eigenvalue weighted by molar-refractivity contribution is -0.126. The largest absolute Gasteiger partial charge is 0.491 e. The lowest BCUT2D eigenvalue weighted by atomic mass is 10.2. The Labute approximate surface area is 167 Å². The van der Waals surface area contributed by atoms with E-state index in [1.165, 1.54) is 0 Å². The molecule has 1 aliphatic heterocycles. The Hall–Kier alpha value is -2.28. The third-order valence-electron chi connectivity index (χ3n) is 5.29. The van der Waals surface area contributed by atoms with Crippen LogP contribution in [0.4, 0.5) is 10.5 Å². The number of hydrogen-bond acceptors (Lipinski definition) is 4. The van der Waals surface area contributed by atoms with Crippen LogP contribution in [0.3, 0.4) is 0 Å². The van der Waals surface area contributed by atoms with Crippen LogP contribution in [0.25, 0.3) is 0 Å². The molecule has 3 rings (SSSR count). The Morgan fingerprint density at radius 2 is 1.93 bits per heavy atom. The van der Waals surface area contributed by atoms with E-state index in [4.69, 9.17) is 4.74 Å². The zero-order valence-electron chi connectivity index (χ0n) is 17.2. The van der Waals surface area contributed by atoms with Gasteiger partial charge in [-0.15, -0.1) is 0 Å². The molecular weight excluding hydrogens is 356 g/mol. The van der Waals surface area contributed by atoms with Crippen molar-refractivity contribution in [2.75, 3.05) is 38.1 Å². The first-order valence-corrected chi connectivity index (χ1v) is 10.3. The van der Waals surface area contributed by atoms with E-state index in [2.05, 4.69) is 22.5 Å². The highest BCUT2D eigenvalue weighted by molar-refractivity contribution is 5.91. The van der Waals surface area contributed by atoms with Gasteiger partial charge in [0.2, 0.25) is 5.91 Å². The third-order valence-corrected chi connectivity index (χ3v) is 5.29. The summed E-state index contributed by atoms with van der Waals surface area (Å²) in [5.41, 5.74) is 1.79. The van der Waals surface area contributed by atoms with Crippen LogP contribution < -0.4 is 15.4 Å². The number of rotatable bonds is 7. The van der Waals surface area contributed by atoms with Gasteiger partial charge >= 0.3 is 6.03 Å². The maximum atomic E-state index is 12.7. The number of nitrogens with one attached hydrogen (secondary N) is 2. The van der Waals surface area contributed by atoms with Crippen LogP contribution in [0.2, 0.25) is 0 Å². The molecule has 2 N–H and O–H groups in total. The first-order valence-electron chi connectivity index (χ1n) is 10.3. The van der Waals surface area contributed by atoms with Gasteiger partial charge in [-0.3, -0.25) is 9.69 Å². The van der Waals surface area contributed by atoms with Gasteiger partial charge in [0.05, 0.1) is 18.3 Å². The monoisotopic (exact) mass is 388 g/mol. The van der Waals surface area contributed by atoms with Crippen molar-refractivity contribution in [3.8, 4) is 5.75 Å². The maximum Gasteiger partial charge on any atom is 0.322 e. The van der Waals surface area contributed by atoms with E-state index in [0.717, 1.165) is 24.8 Å². The van der Waals surface area contributed by atoms with Crippen molar-refractivity contribution in [3.63, 3.8) is 0 Å². The van der Waals surface area contributed by atoms with Crippen LogP contribution in [0, 0.1) is 6.92 Å². The molecule has 1 saturated heterocycles. The summed E-state index contributed by atoms with van der Waals surface area (Å²) in [6.07, 6.45) is 3.10. The summed E-state index contributed by atoms with van der Waals surface area (Å²) < 4.78 is 5.78. The SMILES string of the molecule is CCCOc1cc(C)ccc1NC(=O)N1CCN(C(C)C(=O)NC2CC2)CC1. The second-order valence-electron chi connectivity index (χ2n) is 7.76. The molecule has 28 heavy (non-hydrogen) atoms. The lowest BCUT2D eigenvalue weighted by Crippen LogP contribution is -2.55. The molecule has 7 nitrogen and oxygen atoms in total. The number of benzene rings is 1. The average molecular weight is 389 g/mol. The molecule has 0 spiro atoms. The second kappa shape index (κ2) is 9.28. The lowest BCUT2D eigenvalue weighted by Gasteiger charge is -2.37. The van der Waals surface area contributed by atoms with E-state index in [1.807, 2.05) is 32.0 Å². The molecule has 1 saturated carbocycles. The first-order chi connectivity index (χ1) is 13.5. The maximum absolute atomic E-state index is 12.7. The van der Waals surface area contributed by atoms with E-state index >= 15 is 0 Å². The highest BCUT2D eigenvalue weighted by atomic mass is 16.5. The zero-order chi connectivity index (χ0) is 20.1. The second-order valence-corrected chi connectivity index (χ2v) is 7.76. The van der Waals surface area contributed by atoms with Crippen molar-refractivity contribution in [1.82, 2.24) is 15.1 Å². The molecular formula is C21H32N4O3. The molecule has 1 atom stereocenters. The third kappa shape index (κ3) is 5.38. The quantitative estimate of drug-likeness (QED) is 0.753. The summed E-state index contributed by atoms with van der Waals surface area (Å²) in [6.45, 7) is 9.21. The zero-order valence-corrected chi connectivity index (χ0v) is 17.2. The van der Waals surface area contributed by atoms with Crippen LogP contribution in [-0.4, -0.2) is 66.6 Å². The molecule has 0 radical (unpaired) electrons. The van der Waals surface area contributed by atoms with Gasteiger partial charge in [0.1, 0.15) is 5.75 Å². The Balaban J connectivity index is 1.52. The van der Waals surface area contributed by atoms with Crippen LogP contribution in [0.1, 0.15) is 38.7 Å². The minimum atomic E-state index is -0.156. The van der Waals surface area contributed by atoms with Crippen LogP contribution in [0.15, 0.2) is 18.2 Å². The van der Waals surface area contributed by atoms with Gasteiger partial charge in [-0.25, -0.2) is 4.79 Å². The van der Waals surface area contributed by atoms with Gasteiger partial charge in [-0.1, -0.05) is 13.0 Å². The highest BCUT2D eigenvalue weighted by Crippen LogP contribution is 2.26. The molecule has 1 aliphatic carbocycles. The number of carbonyl (C=O) groups excluding carboxylic acids is 2. The summed E-state index contributed by atoms with van der Waals surface area (Å²) in [7, 11) is 0. The van der Waals surface area contributed by atoms with E-state index in [-0.39, 0.29) is 18.0 Å². The molecule has 3 amide bonds. The smallest absolute Gasteiger partial charge is 0.322 e. The fourth-order valence-electron chi connectivity index (χ4n) is 3.29. The summed E-state index contributed by atoms with van der Waals surface area (Å²) in [5, 5.41) is 6.04. The highest BCUT2D eigenvalue weighted by Gasteiger charge is 2.31. The number of hydrogen-bond donors (Lipinski definition) is 2. The average Bonchev–Trinajstić information content (AvgIpc) is 3.51. The van der Waals surface area contributed by atoms with Gasteiger partial charge in [-0.05, 0) is 50.8 Å². The molecule has 1 unspecified atom stereocenters. The van der Waals surface area contributed by atoms with Gasteiger partial charge < -0.3 is 20.3 Å². The van der Waals surface area contributed by atoms with E-state index in [9.17, 15) is 9.59 Å². The number of carbonyl (C=O) groups is 2. The Bertz CT molecular complexity index is 697. The Morgan fingerprint density at radius 3 is 2.57 bits per heavy atom. The van der Waals surface area contributed by atoms with Crippen molar-refractivity contribution < 1.29 is 14.3 Å². The minimum Gasteiger partial charge on any atom is -0.491 e. The summed E-state index contributed by atoms with van der Waals surface area (Å²) in [5.74, 6) is 0.803.